The highest BCUT2D eigenvalue weighted by Gasteiger charge is 2.15. The quantitative estimate of drug-likeness (QED) is 0.591. The molecule has 0 bridgehead atoms. The fraction of sp³-hybridized carbons (Fsp3) is 0.188. The van der Waals surface area contributed by atoms with E-state index in [1.807, 2.05) is 50.2 Å². The molecule has 0 radical (unpaired) electrons. The van der Waals surface area contributed by atoms with Gasteiger partial charge in [-0.2, -0.15) is 0 Å². The van der Waals surface area contributed by atoms with Crippen LogP contribution >= 0.6 is 11.6 Å². The minimum absolute atomic E-state index is 0.646. The van der Waals surface area contributed by atoms with Crippen LogP contribution < -0.4 is 0 Å². The molecule has 0 aliphatic carbocycles. The molecular formula is C16H16ClN5. The summed E-state index contributed by atoms with van der Waals surface area (Å²) >= 11 is 5.99. The largest absolute Gasteiger partial charge is 0.369 e. The Kier molecular flexibility index (Phi) is 3.81. The molecule has 0 saturated carbocycles. The van der Waals surface area contributed by atoms with Gasteiger partial charge in [0.05, 0.1) is 11.7 Å². The number of fused-ring (bicyclic) bond motifs is 1. The van der Waals surface area contributed by atoms with E-state index in [4.69, 9.17) is 11.6 Å². The van der Waals surface area contributed by atoms with Gasteiger partial charge in [-0.1, -0.05) is 23.7 Å². The first-order valence-electron chi connectivity index (χ1n) is 6.86. The highest BCUT2D eigenvalue weighted by molar-refractivity contribution is 6.30. The fourth-order valence-electron chi connectivity index (χ4n) is 2.37. The molecule has 1 N–H and O–H groups in total. The number of hydrogen-bond acceptors (Lipinski definition) is 3. The molecule has 0 atom stereocenters. The maximum absolute atomic E-state index is 5.99. The van der Waals surface area contributed by atoms with Crippen LogP contribution in [0.15, 0.2) is 35.6 Å². The van der Waals surface area contributed by atoms with Gasteiger partial charge in [-0.15, -0.1) is 0 Å². The summed E-state index contributed by atoms with van der Waals surface area (Å²) in [4.78, 5) is 18.2. The molecule has 3 rings (SSSR count). The van der Waals surface area contributed by atoms with E-state index >= 15 is 0 Å². The van der Waals surface area contributed by atoms with Crippen molar-refractivity contribution in [1.29, 1.82) is 0 Å². The minimum atomic E-state index is 0.646. The first-order chi connectivity index (χ1) is 10.6. The van der Waals surface area contributed by atoms with Crippen LogP contribution in [0.3, 0.4) is 0 Å². The molecule has 0 spiro atoms. The number of rotatable bonds is 3. The van der Waals surface area contributed by atoms with Gasteiger partial charge in [0, 0.05) is 30.4 Å². The van der Waals surface area contributed by atoms with Crippen LogP contribution in [0.4, 0.5) is 5.82 Å². The third-order valence-corrected chi connectivity index (χ3v) is 3.55. The molecule has 6 heteroatoms. The minimum Gasteiger partial charge on any atom is -0.369 e. The molecule has 3 aromatic rings. The van der Waals surface area contributed by atoms with E-state index in [1.165, 1.54) is 6.33 Å². The van der Waals surface area contributed by atoms with Crippen LogP contribution in [0.2, 0.25) is 5.02 Å². The van der Waals surface area contributed by atoms with Crippen molar-refractivity contribution in [2.75, 3.05) is 14.1 Å². The average Bonchev–Trinajstić information content (AvgIpc) is 2.82. The molecule has 1 aromatic carbocycles. The summed E-state index contributed by atoms with van der Waals surface area (Å²) in [7, 11) is 3.84. The Morgan fingerprint density at radius 3 is 2.59 bits per heavy atom. The van der Waals surface area contributed by atoms with E-state index in [2.05, 4.69) is 19.9 Å². The zero-order valence-corrected chi connectivity index (χ0v) is 13.4. The molecule has 0 aliphatic rings. The van der Waals surface area contributed by atoms with Gasteiger partial charge in [-0.3, -0.25) is 0 Å². The molecule has 0 amide bonds. The number of nitrogens with one attached hydrogen (secondary N) is 1. The Hall–Kier alpha value is -2.40. The summed E-state index contributed by atoms with van der Waals surface area (Å²) in [5.74, 6) is 0.646. The summed E-state index contributed by atoms with van der Waals surface area (Å²) in [5.41, 5.74) is 3.92. The summed E-state index contributed by atoms with van der Waals surface area (Å²) in [6.07, 6.45) is 3.25. The predicted octanol–water partition coefficient (Wildman–Crippen LogP) is 3.81. The Morgan fingerprint density at radius 2 is 1.91 bits per heavy atom. The fourth-order valence-corrected chi connectivity index (χ4v) is 2.50. The average molecular weight is 314 g/mol. The lowest BCUT2D eigenvalue weighted by Crippen LogP contribution is -2.07. The molecule has 0 aliphatic heterocycles. The van der Waals surface area contributed by atoms with Crippen LogP contribution in [-0.2, 0) is 0 Å². The van der Waals surface area contributed by atoms with Gasteiger partial charge in [-0.05, 0) is 24.6 Å². The monoisotopic (exact) mass is 313 g/mol. The summed E-state index contributed by atoms with van der Waals surface area (Å²) in [6.45, 7) is 2.02. The predicted molar refractivity (Wildman–Crippen MR) is 90.9 cm³/mol. The number of aromatic amines is 1. The normalized spacial score (nSPS) is 11.5. The molecule has 0 saturated heterocycles. The van der Waals surface area contributed by atoms with Crippen molar-refractivity contribution in [1.82, 2.24) is 19.9 Å². The number of aliphatic imine (C=N–C) groups is 1. The van der Waals surface area contributed by atoms with Gasteiger partial charge in [-0.25, -0.2) is 15.0 Å². The number of halogens is 1. The van der Waals surface area contributed by atoms with E-state index in [-0.39, 0.29) is 0 Å². The van der Waals surface area contributed by atoms with Gasteiger partial charge in [0.15, 0.2) is 5.82 Å². The first-order valence-corrected chi connectivity index (χ1v) is 7.24. The number of aromatic nitrogens is 3. The highest BCUT2D eigenvalue weighted by atomic mass is 35.5. The Morgan fingerprint density at radius 1 is 1.18 bits per heavy atom. The highest BCUT2D eigenvalue weighted by Crippen LogP contribution is 2.36. The number of hydrogen-bond donors (Lipinski definition) is 1. The Labute approximate surface area is 133 Å². The van der Waals surface area contributed by atoms with Gasteiger partial charge >= 0.3 is 0 Å². The summed E-state index contributed by atoms with van der Waals surface area (Å²) in [6, 6.07) is 7.73. The Balaban J connectivity index is 2.25. The van der Waals surface area contributed by atoms with Crippen molar-refractivity contribution in [2.24, 2.45) is 4.99 Å². The van der Waals surface area contributed by atoms with Crippen molar-refractivity contribution < 1.29 is 0 Å². The number of aryl methyl sites for hydroxylation is 1. The number of H-pyrrole nitrogens is 1. The van der Waals surface area contributed by atoms with Crippen molar-refractivity contribution in [3.05, 3.63) is 41.3 Å². The summed E-state index contributed by atoms with van der Waals surface area (Å²) in [5, 5.41) is 1.63. The zero-order chi connectivity index (χ0) is 15.7. The third kappa shape index (κ3) is 2.67. The van der Waals surface area contributed by atoms with Gasteiger partial charge in [0.25, 0.3) is 0 Å². The van der Waals surface area contributed by atoms with Crippen LogP contribution in [0.5, 0.6) is 0 Å². The number of nitrogens with zero attached hydrogens (tertiary/aromatic N) is 4. The second-order valence-electron chi connectivity index (χ2n) is 5.26. The molecule has 22 heavy (non-hydrogen) atoms. The van der Waals surface area contributed by atoms with E-state index < -0.39 is 0 Å². The number of benzene rings is 1. The van der Waals surface area contributed by atoms with Gasteiger partial charge in [0.2, 0.25) is 0 Å². The van der Waals surface area contributed by atoms with Crippen molar-refractivity contribution in [3.63, 3.8) is 0 Å². The van der Waals surface area contributed by atoms with Crippen LogP contribution in [0, 0.1) is 6.92 Å². The lowest BCUT2D eigenvalue weighted by atomic mass is 10.0. The topological polar surface area (TPSA) is 57.2 Å². The maximum atomic E-state index is 5.99. The van der Waals surface area contributed by atoms with Crippen molar-refractivity contribution >= 4 is 34.8 Å². The van der Waals surface area contributed by atoms with Crippen LogP contribution in [0.1, 0.15) is 5.69 Å². The smallest absolute Gasteiger partial charge is 0.166 e. The van der Waals surface area contributed by atoms with E-state index in [0.29, 0.717) is 10.8 Å². The maximum Gasteiger partial charge on any atom is 0.166 e. The standard InChI is InChI=1S/C16H16ClN5/c1-10-13(11-4-6-12(17)7-5-11)14-15(20-9-22(2)3)18-8-19-16(14)21-10/h4-9H,1-3H3,(H,18,19,21). The lowest BCUT2D eigenvalue weighted by Gasteiger charge is -2.05. The zero-order valence-electron chi connectivity index (χ0n) is 12.6. The van der Waals surface area contributed by atoms with Crippen LogP contribution in [0.25, 0.3) is 22.2 Å². The second kappa shape index (κ2) is 5.77. The molecular weight excluding hydrogens is 298 g/mol. The molecule has 2 aromatic heterocycles. The Bertz CT molecular complexity index is 834. The third-order valence-electron chi connectivity index (χ3n) is 3.30. The van der Waals surface area contributed by atoms with E-state index in [0.717, 1.165) is 27.9 Å². The van der Waals surface area contributed by atoms with Crippen molar-refractivity contribution in [3.8, 4) is 11.1 Å². The SMILES string of the molecule is Cc1[nH]c2ncnc(N=CN(C)C)c2c1-c1ccc(Cl)cc1. The van der Waals surface area contributed by atoms with Gasteiger partial charge in [0.1, 0.15) is 12.0 Å². The van der Waals surface area contributed by atoms with Crippen molar-refractivity contribution in [2.45, 2.75) is 6.92 Å². The molecule has 0 fully saturated rings. The van der Waals surface area contributed by atoms with E-state index in [9.17, 15) is 0 Å². The molecule has 112 valence electrons. The molecule has 0 unspecified atom stereocenters. The van der Waals surface area contributed by atoms with Crippen LogP contribution in [-0.4, -0.2) is 40.3 Å². The van der Waals surface area contributed by atoms with E-state index in [1.54, 1.807) is 6.34 Å². The molecule has 2 heterocycles. The first kappa shape index (κ1) is 14.5. The lowest BCUT2D eigenvalue weighted by molar-refractivity contribution is 0.643. The second-order valence-corrected chi connectivity index (χ2v) is 5.70. The van der Waals surface area contributed by atoms with Gasteiger partial charge < -0.3 is 9.88 Å². The molecule has 5 nitrogen and oxygen atoms in total. The summed E-state index contributed by atoms with van der Waals surface area (Å²) < 4.78 is 0.